The number of nitrogens with zero attached hydrogens (tertiary/aromatic N) is 1. The van der Waals surface area contributed by atoms with Gasteiger partial charge in [0, 0.05) is 4.88 Å². The Labute approximate surface area is 119 Å². The van der Waals surface area contributed by atoms with Crippen molar-refractivity contribution in [2.24, 2.45) is 5.10 Å². The second kappa shape index (κ2) is 6.63. The van der Waals surface area contributed by atoms with Crippen LogP contribution in [-0.4, -0.2) is 23.2 Å². The zero-order chi connectivity index (χ0) is 14.4. The summed E-state index contributed by atoms with van der Waals surface area (Å²) in [7, 11) is 0. The number of carbonyl (C=O) groups excluding carboxylic acids is 1. The van der Waals surface area contributed by atoms with E-state index in [1.807, 2.05) is 17.5 Å². The lowest BCUT2D eigenvalue weighted by Gasteiger charge is -1.98. The van der Waals surface area contributed by atoms with Gasteiger partial charge < -0.3 is 5.11 Å². The van der Waals surface area contributed by atoms with Crippen molar-refractivity contribution >= 4 is 29.4 Å². The van der Waals surface area contributed by atoms with Gasteiger partial charge in [-0.25, -0.2) is 10.2 Å². The van der Waals surface area contributed by atoms with Crippen molar-refractivity contribution in [1.82, 2.24) is 5.43 Å². The number of amides is 1. The molecule has 0 unspecified atom stereocenters. The van der Waals surface area contributed by atoms with E-state index in [-0.39, 0.29) is 11.5 Å². The number of benzene rings is 1. The maximum Gasteiger partial charge on any atom is 0.335 e. The number of carboxylic acids is 1. The Morgan fingerprint density at radius 3 is 2.60 bits per heavy atom. The Balaban J connectivity index is 1.86. The fourth-order valence-electron chi connectivity index (χ4n) is 1.50. The predicted molar refractivity (Wildman–Crippen MR) is 77.2 cm³/mol. The number of carboxylic acid groups (broad SMARTS) is 1. The van der Waals surface area contributed by atoms with Crippen molar-refractivity contribution in [3.05, 3.63) is 57.8 Å². The van der Waals surface area contributed by atoms with Crippen LogP contribution in [0.25, 0.3) is 0 Å². The highest BCUT2D eigenvalue weighted by atomic mass is 32.1. The predicted octanol–water partition coefficient (Wildman–Crippen LogP) is 2.14. The van der Waals surface area contributed by atoms with E-state index in [9.17, 15) is 9.59 Å². The molecule has 2 rings (SSSR count). The lowest BCUT2D eigenvalue weighted by atomic mass is 10.1. The summed E-state index contributed by atoms with van der Waals surface area (Å²) in [5, 5.41) is 14.5. The van der Waals surface area contributed by atoms with Crippen molar-refractivity contribution in [3.8, 4) is 0 Å². The Kier molecular flexibility index (Phi) is 4.62. The third-order valence-corrected chi connectivity index (χ3v) is 3.35. The zero-order valence-corrected chi connectivity index (χ0v) is 11.3. The van der Waals surface area contributed by atoms with Crippen molar-refractivity contribution in [1.29, 1.82) is 0 Å². The lowest BCUT2D eigenvalue weighted by Crippen LogP contribution is -2.19. The average Bonchev–Trinajstić information content (AvgIpc) is 2.92. The van der Waals surface area contributed by atoms with Gasteiger partial charge >= 0.3 is 5.97 Å². The van der Waals surface area contributed by atoms with Crippen molar-refractivity contribution in [2.45, 2.75) is 6.42 Å². The lowest BCUT2D eigenvalue weighted by molar-refractivity contribution is -0.120. The first-order valence-corrected chi connectivity index (χ1v) is 6.71. The van der Waals surface area contributed by atoms with Crippen LogP contribution in [0.5, 0.6) is 0 Å². The minimum atomic E-state index is -0.974. The first-order chi connectivity index (χ1) is 9.65. The molecule has 6 heteroatoms. The molecule has 0 atom stereocenters. The highest BCUT2D eigenvalue weighted by molar-refractivity contribution is 7.10. The Morgan fingerprint density at radius 1 is 1.25 bits per heavy atom. The molecule has 0 aliphatic rings. The largest absolute Gasteiger partial charge is 0.478 e. The Morgan fingerprint density at radius 2 is 2.00 bits per heavy atom. The van der Waals surface area contributed by atoms with Crippen molar-refractivity contribution in [3.63, 3.8) is 0 Å². The summed E-state index contributed by atoms with van der Waals surface area (Å²) in [6.07, 6.45) is 1.77. The van der Waals surface area contributed by atoms with E-state index in [4.69, 9.17) is 5.11 Å². The molecule has 0 saturated carbocycles. The number of aromatic carboxylic acids is 1. The molecule has 2 aromatic rings. The van der Waals surface area contributed by atoms with Gasteiger partial charge in [-0.3, -0.25) is 4.79 Å². The average molecular weight is 288 g/mol. The van der Waals surface area contributed by atoms with Crippen LogP contribution in [0.2, 0.25) is 0 Å². The van der Waals surface area contributed by atoms with E-state index >= 15 is 0 Å². The van der Waals surface area contributed by atoms with Gasteiger partial charge in [-0.2, -0.15) is 5.10 Å². The number of hydrazone groups is 1. The Bertz CT molecular complexity index is 618. The van der Waals surface area contributed by atoms with Crippen LogP contribution in [0.4, 0.5) is 0 Å². The molecule has 0 radical (unpaired) electrons. The SMILES string of the molecule is O=C(Cc1cccs1)N/N=C/c1ccc(C(=O)O)cc1. The summed E-state index contributed by atoms with van der Waals surface area (Å²) >= 11 is 1.52. The molecular weight excluding hydrogens is 276 g/mol. The van der Waals surface area contributed by atoms with Crippen LogP contribution in [-0.2, 0) is 11.2 Å². The van der Waals surface area contributed by atoms with E-state index in [1.165, 1.54) is 29.7 Å². The Hall–Kier alpha value is -2.47. The van der Waals surface area contributed by atoms with Crippen LogP contribution in [0.3, 0.4) is 0 Å². The summed E-state index contributed by atoms with van der Waals surface area (Å²) in [5.41, 5.74) is 3.35. The maximum atomic E-state index is 11.5. The van der Waals surface area contributed by atoms with Crippen LogP contribution >= 0.6 is 11.3 Å². The fourth-order valence-corrected chi connectivity index (χ4v) is 2.20. The molecule has 20 heavy (non-hydrogen) atoms. The molecule has 5 nitrogen and oxygen atoms in total. The normalized spacial score (nSPS) is 10.6. The number of hydrogen-bond donors (Lipinski definition) is 2. The van der Waals surface area contributed by atoms with E-state index in [1.54, 1.807) is 12.1 Å². The van der Waals surface area contributed by atoms with Gasteiger partial charge in [0.05, 0.1) is 18.2 Å². The van der Waals surface area contributed by atoms with Crippen LogP contribution in [0.15, 0.2) is 46.9 Å². The molecule has 0 aliphatic carbocycles. The summed E-state index contributed by atoms with van der Waals surface area (Å²) in [5.74, 6) is -1.16. The molecule has 2 N–H and O–H groups in total. The second-order valence-electron chi connectivity index (χ2n) is 3.98. The van der Waals surface area contributed by atoms with Gasteiger partial charge in [0.15, 0.2) is 0 Å². The molecule has 1 aromatic carbocycles. The third kappa shape index (κ3) is 4.03. The molecule has 102 valence electrons. The summed E-state index contributed by atoms with van der Waals surface area (Å²) in [6, 6.07) is 9.99. The molecule has 0 fully saturated rings. The van der Waals surface area contributed by atoms with Crippen LogP contribution in [0.1, 0.15) is 20.8 Å². The van der Waals surface area contributed by atoms with Gasteiger partial charge in [-0.1, -0.05) is 18.2 Å². The second-order valence-corrected chi connectivity index (χ2v) is 5.01. The fraction of sp³-hybridized carbons (Fsp3) is 0.0714. The first kappa shape index (κ1) is 14.0. The number of rotatable bonds is 5. The monoisotopic (exact) mass is 288 g/mol. The smallest absolute Gasteiger partial charge is 0.335 e. The summed E-state index contributed by atoms with van der Waals surface area (Å²) < 4.78 is 0. The maximum absolute atomic E-state index is 11.5. The zero-order valence-electron chi connectivity index (χ0n) is 10.4. The molecule has 0 bridgehead atoms. The van der Waals surface area contributed by atoms with Gasteiger partial charge in [-0.05, 0) is 29.1 Å². The van der Waals surface area contributed by atoms with E-state index in [2.05, 4.69) is 10.5 Å². The molecule has 0 saturated heterocycles. The molecule has 1 heterocycles. The third-order valence-electron chi connectivity index (χ3n) is 2.48. The highest BCUT2D eigenvalue weighted by Gasteiger charge is 2.02. The van der Waals surface area contributed by atoms with Crippen LogP contribution in [0, 0.1) is 0 Å². The minimum Gasteiger partial charge on any atom is -0.478 e. The molecule has 1 amide bonds. The van der Waals surface area contributed by atoms with Gasteiger partial charge in [-0.15, -0.1) is 11.3 Å². The highest BCUT2D eigenvalue weighted by Crippen LogP contribution is 2.08. The van der Waals surface area contributed by atoms with Crippen molar-refractivity contribution < 1.29 is 14.7 Å². The van der Waals surface area contributed by atoms with Gasteiger partial charge in [0.2, 0.25) is 5.91 Å². The first-order valence-electron chi connectivity index (χ1n) is 5.83. The molecular formula is C14H12N2O3S. The molecule has 1 aromatic heterocycles. The van der Waals surface area contributed by atoms with E-state index in [0.29, 0.717) is 12.0 Å². The number of carbonyl (C=O) groups is 2. The minimum absolute atomic E-state index is 0.189. The number of thiophene rings is 1. The quantitative estimate of drug-likeness (QED) is 0.653. The van der Waals surface area contributed by atoms with Gasteiger partial charge in [0.25, 0.3) is 0 Å². The van der Waals surface area contributed by atoms with Crippen molar-refractivity contribution in [2.75, 3.05) is 0 Å². The number of nitrogens with one attached hydrogen (secondary N) is 1. The molecule has 0 aliphatic heterocycles. The summed E-state index contributed by atoms with van der Waals surface area (Å²) in [4.78, 5) is 23.2. The number of hydrogen-bond acceptors (Lipinski definition) is 4. The molecule has 0 spiro atoms. The van der Waals surface area contributed by atoms with E-state index < -0.39 is 5.97 Å². The standard InChI is InChI=1S/C14H12N2O3S/c17-13(8-12-2-1-7-20-12)16-15-9-10-3-5-11(6-4-10)14(18)19/h1-7,9H,8H2,(H,16,17)(H,18,19)/b15-9+. The van der Waals surface area contributed by atoms with Crippen LogP contribution < -0.4 is 5.43 Å². The summed E-state index contributed by atoms with van der Waals surface area (Å²) in [6.45, 7) is 0. The van der Waals surface area contributed by atoms with E-state index in [0.717, 1.165) is 4.88 Å². The van der Waals surface area contributed by atoms with Gasteiger partial charge in [0.1, 0.15) is 0 Å². The topological polar surface area (TPSA) is 78.8 Å².